The Hall–Kier alpha value is -1.83. The van der Waals surface area contributed by atoms with Crippen molar-refractivity contribution in [2.45, 2.75) is 0 Å². The highest BCUT2D eigenvalue weighted by Gasteiger charge is 2.17. The summed E-state index contributed by atoms with van der Waals surface area (Å²) in [5.74, 6) is 5.33. The molecular weight excluding hydrogens is 319 g/mol. The minimum absolute atomic E-state index is 0.0160. The second kappa shape index (κ2) is 5.66. The van der Waals surface area contributed by atoms with E-state index in [1.165, 1.54) is 0 Å². The number of nitrogen functional groups attached to an aromatic ring is 1. The van der Waals surface area contributed by atoms with Crippen LogP contribution < -0.4 is 17.3 Å². The van der Waals surface area contributed by atoms with Crippen LogP contribution in [-0.2, 0) is 0 Å². The van der Waals surface area contributed by atoms with E-state index in [-0.39, 0.29) is 16.4 Å². The largest absolute Gasteiger partial charge is 0.383 e. The van der Waals surface area contributed by atoms with Crippen molar-refractivity contribution in [2.75, 3.05) is 5.73 Å². The zero-order valence-electron chi connectivity index (χ0n) is 10.0. The maximum Gasteiger partial charge on any atom is 0.199 e. The number of hydrazone groups is 1. The Kier molecular flexibility index (Phi) is 4.12. The van der Waals surface area contributed by atoms with Crippen LogP contribution in [0.5, 0.6) is 0 Å². The van der Waals surface area contributed by atoms with Gasteiger partial charge in [0.2, 0.25) is 0 Å². The van der Waals surface area contributed by atoms with Gasteiger partial charge >= 0.3 is 0 Å². The summed E-state index contributed by atoms with van der Waals surface area (Å²) in [6.45, 7) is 0. The summed E-state index contributed by atoms with van der Waals surface area (Å²) in [6, 6.07) is 4.97. The van der Waals surface area contributed by atoms with Gasteiger partial charge in [0.05, 0.1) is 16.3 Å². The van der Waals surface area contributed by atoms with E-state index in [1.54, 1.807) is 18.2 Å². The number of hydrogen-bond acceptors (Lipinski definition) is 5. The van der Waals surface area contributed by atoms with E-state index in [1.807, 2.05) is 0 Å². The van der Waals surface area contributed by atoms with E-state index in [0.29, 0.717) is 26.9 Å². The zero-order valence-corrected chi connectivity index (χ0v) is 12.4. The third-order valence-corrected chi connectivity index (χ3v) is 3.30. The number of aromatic nitrogens is 2. The van der Waals surface area contributed by atoms with Crippen LogP contribution >= 0.6 is 35.4 Å². The Bertz CT molecular complexity index is 755. The van der Waals surface area contributed by atoms with Crippen LogP contribution in [0.25, 0.3) is 11.3 Å². The van der Waals surface area contributed by atoms with Gasteiger partial charge in [0.25, 0.3) is 0 Å². The number of nitrogens with zero attached hydrogens (tertiary/aromatic N) is 2. The molecule has 0 atom stereocenters. The molecule has 0 spiro atoms. The Labute approximate surface area is 129 Å². The lowest BCUT2D eigenvalue weighted by atomic mass is 10.1. The molecule has 20 heavy (non-hydrogen) atoms. The smallest absolute Gasteiger partial charge is 0.199 e. The van der Waals surface area contributed by atoms with E-state index in [9.17, 15) is 0 Å². The SMILES string of the molecule is N/N=C(\N)c1c(N)nc(=S)[nH]c1-c1ccc(Cl)cc1Cl. The lowest BCUT2D eigenvalue weighted by Gasteiger charge is -2.12. The van der Waals surface area contributed by atoms with Gasteiger partial charge in [-0.05, 0) is 30.4 Å². The number of rotatable bonds is 2. The molecule has 1 aromatic carbocycles. The maximum absolute atomic E-state index is 6.18. The third kappa shape index (κ3) is 2.69. The molecule has 0 fully saturated rings. The quantitative estimate of drug-likeness (QED) is 0.221. The molecule has 6 nitrogen and oxygen atoms in total. The van der Waals surface area contributed by atoms with E-state index in [0.717, 1.165) is 0 Å². The van der Waals surface area contributed by atoms with E-state index in [2.05, 4.69) is 15.1 Å². The molecule has 0 radical (unpaired) electrons. The molecule has 0 amide bonds. The minimum Gasteiger partial charge on any atom is -0.383 e. The normalized spacial score (nSPS) is 11.6. The highest BCUT2D eigenvalue weighted by molar-refractivity contribution is 7.71. The fourth-order valence-electron chi connectivity index (χ4n) is 1.71. The number of hydrogen-bond donors (Lipinski definition) is 4. The van der Waals surface area contributed by atoms with Crippen LogP contribution in [-0.4, -0.2) is 15.8 Å². The van der Waals surface area contributed by atoms with Crippen LogP contribution in [0.1, 0.15) is 5.56 Å². The summed E-state index contributed by atoms with van der Waals surface area (Å²) < 4.78 is 0.192. The molecule has 9 heteroatoms. The first-order valence-electron chi connectivity index (χ1n) is 5.33. The average Bonchev–Trinajstić information content (AvgIpc) is 2.37. The van der Waals surface area contributed by atoms with Gasteiger partial charge in [0.15, 0.2) is 10.6 Å². The topological polar surface area (TPSA) is 119 Å². The third-order valence-electron chi connectivity index (χ3n) is 2.56. The molecule has 104 valence electrons. The molecule has 0 aliphatic rings. The highest BCUT2D eigenvalue weighted by Crippen LogP contribution is 2.32. The number of aromatic amines is 1. The van der Waals surface area contributed by atoms with Crippen molar-refractivity contribution in [1.82, 2.24) is 9.97 Å². The standard InChI is InChI=1S/C11H10Cl2N6S/c12-4-1-2-5(6(13)3-4)8-7(10(15)19-16)9(14)18-11(20)17-8/h1-3H,16H2,(H2,15,19)(H3,14,17,18,20). The van der Waals surface area contributed by atoms with E-state index < -0.39 is 0 Å². The number of nitrogens with two attached hydrogens (primary N) is 3. The van der Waals surface area contributed by atoms with Gasteiger partial charge in [0, 0.05) is 10.6 Å². The van der Waals surface area contributed by atoms with Gasteiger partial charge in [-0.25, -0.2) is 4.98 Å². The number of amidine groups is 1. The average molecular weight is 329 g/mol. The molecule has 1 heterocycles. The Morgan fingerprint density at radius 3 is 2.65 bits per heavy atom. The van der Waals surface area contributed by atoms with Crippen LogP contribution in [0.3, 0.4) is 0 Å². The predicted octanol–water partition coefficient (Wildman–Crippen LogP) is 2.27. The fourth-order valence-corrected chi connectivity index (χ4v) is 2.41. The van der Waals surface area contributed by atoms with E-state index >= 15 is 0 Å². The van der Waals surface area contributed by atoms with Crippen molar-refractivity contribution >= 4 is 47.1 Å². The maximum atomic E-state index is 6.18. The van der Waals surface area contributed by atoms with Gasteiger partial charge in [-0.1, -0.05) is 23.2 Å². The molecule has 0 saturated carbocycles. The number of benzene rings is 1. The zero-order chi connectivity index (χ0) is 14.9. The van der Waals surface area contributed by atoms with Crippen molar-refractivity contribution in [3.05, 3.63) is 38.6 Å². The molecule has 0 saturated heterocycles. The molecule has 2 aromatic rings. The van der Waals surface area contributed by atoms with Gasteiger partial charge in [0.1, 0.15) is 5.82 Å². The number of halogens is 2. The van der Waals surface area contributed by atoms with Crippen LogP contribution in [0.15, 0.2) is 23.3 Å². The monoisotopic (exact) mass is 328 g/mol. The molecule has 0 aliphatic carbocycles. The van der Waals surface area contributed by atoms with Crippen molar-refractivity contribution in [3.8, 4) is 11.3 Å². The van der Waals surface area contributed by atoms with Gasteiger partial charge in [-0.3, -0.25) is 0 Å². The van der Waals surface area contributed by atoms with Crippen molar-refractivity contribution in [2.24, 2.45) is 16.7 Å². The number of anilines is 1. The molecular formula is C11H10Cl2N6S. The van der Waals surface area contributed by atoms with Gasteiger partial charge in [-0.15, -0.1) is 0 Å². The Balaban J connectivity index is 2.82. The molecule has 1 aromatic heterocycles. The van der Waals surface area contributed by atoms with Gasteiger partial charge < -0.3 is 22.3 Å². The fraction of sp³-hybridized carbons (Fsp3) is 0. The van der Waals surface area contributed by atoms with Crippen molar-refractivity contribution in [3.63, 3.8) is 0 Å². The molecule has 0 aliphatic heterocycles. The number of H-pyrrole nitrogens is 1. The highest BCUT2D eigenvalue weighted by atomic mass is 35.5. The summed E-state index contributed by atoms with van der Waals surface area (Å²) in [4.78, 5) is 6.82. The summed E-state index contributed by atoms with van der Waals surface area (Å²) in [7, 11) is 0. The lowest BCUT2D eigenvalue weighted by molar-refractivity contribution is 1.13. The summed E-state index contributed by atoms with van der Waals surface area (Å²) in [5, 5.41) is 4.34. The second-order valence-corrected chi connectivity index (χ2v) is 5.05. The first kappa shape index (κ1) is 14.6. The van der Waals surface area contributed by atoms with Crippen LogP contribution in [0, 0.1) is 4.77 Å². The molecule has 0 bridgehead atoms. The lowest BCUT2D eigenvalue weighted by Crippen LogP contribution is -2.20. The minimum atomic E-state index is 0.0160. The first-order valence-corrected chi connectivity index (χ1v) is 6.49. The first-order chi connectivity index (χ1) is 9.43. The number of nitrogens with one attached hydrogen (secondary N) is 1. The molecule has 7 N–H and O–H groups in total. The Morgan fingerprint density at radius 2 is 2.05 bits per heavy atom. The molecule has 0 unspecified atom stereocenters. The summed E-state index contributed by atoms with van der Waals surface area (Å²) in [6.07, 6.45) is 0. The summed E-state index contributed by atoms with van der Waals surface area (Å²) >= 11 is 17.1. The Morgan fingerprint density at radius 1 is 1.35 bits per heavy atom. The predicted molar refractivity (Wildman–Crippen MR) is 84.2 cm³/mol. The van der Waals surface area contributed by atoms with Crippen LogP contribution in [0.2, 0.25) is 10.0 Å². The van der Waals surface area contributed by atoms with Gasteiger partial charge in [-0.2, -0.15) is 5.10 Å². The van der Waals surface area contributed by atoms with Crippen molar-refractivity contribution in [1.29, 1.82) is 0 Å². The van der Waals surface area contributed by atoms with E-state index in [4.69, 9.17) is 52.7 Å². The second-order valence-electron chi connectivity index (χ2n) is 3.82. The van der Waals surface area contributed by atoms with Crippen molar-refractivity contribution < 1.29 is 0 Å². The summed E-state index contributed by atoms with van der Waals surface area (Å²) in [5.41, 5.74) is 13.0. The molecule has 2 rings (SSSR count). The van der Waals surface area contributed by atoms with Crippen LogP contribution in [0.4, 0.5) is 5.82 Å².